The molecule has 4 heteroatoms. The van der Waals surface area contributed by atoms with Gasteiger partial charge < -0.3 is 9.47 Å². The first-order valence-corrected chi connectivity index (χ1v) is 5.46. The van der Waals surface area contributed by atoms with Crippen LogP contribution in [0.2, 0.25) is 0 Å². The predicted octanol–water partition coefficient (Wildman–Crippen LogP) is 0.700. The average Bonchev–Trinajstić information content (AvgIpc) is 2.69. The second-order valence-corrected chi connectivity index (χ2v) is 4.00. The van der Waals surface area contributed by atoms with Gasteiger partial charge in [-0.3, -0.25) is 9.69 Å². The summed E-state index contributed by atoms with van der Waals surface area (Å²) in [5, 5.41) is 0. The first-order chi connectivity index (χ1) is 7.13. The molecule has 0 N–H and O–H groups in total. The number of likely N-dealkylation sites (tertiary alicyclic amines) is 1. The molecule has 3 unspecified atom stereocenters. The molecular formula is C11H21NO3. The molecule has 0 aliphatic carbocycles. The second kappa shape index (κ2) is 5.58. The minimum absolute atomic E-state index is 0.0206. The maximum Gasteiger partial charge on any atom is 0.149 e. The third kappa shape index (κ3) is 2.77. The summed E-state index contributed by atoms with van der Waals surface area (Å²) in [6.45, 7) is 5.41. The lowest BCUT2D eigenvalue weighted by atomic mass is 10.1. The molecule has 0 aromatic heterocycles. The molecule has 0 aromatic carbocycles. The summed E-state index contributed by atoms with van der Waals surface area (Å²) in [7, 11) is 3.37. The van der Waals surface area contributed by atoms with E-state index in [1.54, 1.807) is 14.2 Å². The van der Waals surface area contributed by atoms with Crippen LogP contribution < -0.4 is 0 Å². The highest BCUT2D eigenvalue weighted by molar-refractivity contribution is 5.83. The zero-order chi connectivity index (χ0) is 11.4. The molecule has 1 heterocycles. The van der Waals surface area contributed by atoms with Crippen LogP contribution in [0, 0.1) is 0 Å². The molecule has 0 aromatic rings. The highest BCUT2D eigenvalue weighted by Gasteiger charge is 2.36. The summed E-state index contributed by atoms with van der Waals surface area (Å²) in [5.74, 6) is 0.279. The van der Waals surface area contributed by atoms with E-state index in [2.05, 4.69) is 4.90 Å². The molecule has 88 valence electrons. The van der Waals surface area contributed by atoms with Crippen LogP contribution in [0.15, 0.2) is 0 Å². The van der Waals surface area contributed by atoms with Gasteiger partial charge >= 0.3 is 0 Å². The fourth-order valence-corrected chi connectivity index (χ4v) is 2.04. The molecule has 1 fully saturated rings. The lowest BCUT2D eigenvalue weighted by molar-refractivity contribution is -0.123. The van der Waals surface area contributed by atoms with Crippen LogP contribution in [0.3, 0.4) is 0 Å². The molecule has 1 rings (SSSR count). The molecule has 3 atom stereocenters. The number of carbonyl (C=O) groups is 1. The summed E-state index contributed by atoms with van der Waals surface area (Å²) in [6, 6.07) is -0.0206. The number of ether oxygens (including phenoxy) is 2. The van der Waals surface area contributed by atoms with E-state index in [1.807, 2.05) is 13.8 Å². The molecule has 0 spiro atoms. The highest BCUT2D eigenvalue weighted by Crippen LogP contribution is 2.18. The minimum Gasteiger partial charge on any atom is -0.377 e. The van der Waals surface area contributed by atoms with Crippen molar-refractivity contribution in [3.63, 3.8) is 0 Å². The Kier molecular flexibility index (Phi) is 4.70. The van der Waals surface area contributed by atoms with Crippen molar-refractivity contribution in [3.05, 3.63) is 0 Å². The van der Waals surface area contributed by atoms with Gasteiger partial charge in [0.2, 0.25) is 0 Å². The largest absolute Gasteiger partial charge is 0.377 e. The molecule has 0 saturated carbocycles. The summed E-state index contributed by atoms with van der Waals surface area (Å²) < 4.78 is 10.7. The second-order valence-electron chi connectivity index (χ2n) is 4.00. The number of hydrogen-bond donors (Lipinski definition) is 0. The molecule has 0 radical (unpaired) electrons. The minimum atomic E-state index is -0.0206. The van der Waals surface area contributed by atoms with Crippen molar-refractivity contribution in [2.24, 2.45) is 0 Å². The van der Waals surface area contributed by atoms with Crippen LogP contribution in [0.25, 0.3) is 0 Å². The predicted molar refractivity (Wildman–Crippen MR) is 57.9 cm³/mol. The van der Waals surface area contributed by atoms with E-state index in [0.29, 0.717) is 6.42 Å². The van der Waals surface area contributed by atoms with Gasteiger partial charge in [0, 0.05) is 33.7 Å². The Morgan fingerprint density at radius 2 is 1.80 bits per heavy atom. The first kappa shape index (κ1) is 12.6. The van der Waals surface area contributed by atoms with Crippen molar-refractivity contribution < 1.29 is 14.3 Å². The van der Waals surface area contributed by atoms with Gasteiger partial charge in [0.25, 0.3) is 0 Å². The van der Waals surface area contributed by atoms with Crippen LogP contribution in [-0.2, 0) is 14.3 Å². The normalized spacial score (nSPS) is 29.3. The Balaban J connectivity index is 2.56. The van der Waals surface area contributed by atoms with Crippen molar-refractivity contribution >= 4 is 5.78 Å². The Hall–Kier alpha value is -0.450. The average molecular weight is 215 g/mol. The van der Waals surface area contributed by atoms with E-state index in [4.69, 9.17) is 9.47 Å². The van der Waals surface area contributed by atoms with Crippen LogP contribution in [0.1, 0.15) is 20.3 Å². The number of rotatable bonds is 5. The topological polar surface area (TPSA) is 38.8 Å². The first-order valence-electron chi connectivity index (χ1n) is 5.46. The van der Waals surface area contributed by atoms with E-state index in [-0.39, 0.29) is 24.0 Å². The van der Waals surface area contributed by atoms with E-state index in [1.165, 1.54) is 0 Å². The quantitative estimate of drug-likeness (QED) is 0.676. The number of methoxy groups -OCH3 is 2. The van der Waals surface area contributed by atoms with Crippen LogP contribution in [-0.4, -0.2) is 56.2 Å². The molecule has 1 aliphatic heterocycles. The molecule has 4 nitrogen and oxygen atoms in total. The zero-order valence-electron chi connectivity index (χ0n) is 10.0. The number of ketones is 1. The van der Waals surface area contributed by atoms with Crippen molar-refractivity contribution in [2.45, 2.75) is 38.5 Å². The van der Waals surface area contributed by atoms with Gasteiger partial charge in [-0.15, -0.1) is 0 Å². The Bertz CT molecular complexity index is 208. The Morgan fingerprint density at radius 3 is 2.13 bits per heavy atom. The molecular weight excluding hydrogens is 194 g/mol. The van der Waals surface area contributed by atoms with Crippen molar-refractivity contribution in [3.8, 4) is 0 Å². The molecule has 15 heavy (non-hydrogen) atoms. The maximum absolute atomic E-state index is 11.6. The SMILES string of the molecule is CCC(=O)C(C)N1CC(OC)C(OC)C1. The summed E-state index contributed by atoms with van der Waals surface area (Å²) >= 11 is 0. The van der Waals surface area contributed by atoms with Crippen molar-refractivity contribution in [1.29, 1.82) is 0 Å². The van der Waals surface area contributed by atoms with E-state index < -0.39 is 0 Å². The van der Waals surface area contributed by atoms with Gasteiger partial charge in [-0.25, -0.2) is 0 Å². The van der Waals surface area contributed by atoms with Crippen LogP contribution in [0.5, 0.6) is 0 Å². The summed E-state index contributed by atoms with van der Waals surface area (Å²) in [6.07, 6.45) is 0.761. The molecule has 0 bridgehead atoms. The smallest absolute Gasteiger partial charge is 0.149 e. The van der Waals surface area contributed by atoms with Gasteiger partial charge in [-0.05, 0) is 6.92 Å². The van der Waals surface area contributed by atoms with Gasteiger partial charge in [0.1, 0.15) is 5.78 Å². The van der Waals surface area contributed by atoms with Gasteiger partial charge in [-0.2, -0.15) is 0 Å². The van der Waals surface area contributed by atoms with E-state index in [9.17, 15) is 4.79 Å². The lowest BCUT2D eigenvalue weighted by Gasteiger charge is -2.22. The van der Waals surface area contributed by atoms with Crippen molar-refractivity contribution in [1.82, 2.24) is 4.90 Å². The lowest BCUT2D eigenvalue weighted by Crippen LogP contribution is -2.38. The van der Waals surface area contributed by atoms with Crippen LogP contribution in [0.4, 0.5) is 0 Å². The Morgan fingerprint density at radius 1 is 1.33 bits per heavy atom. The summed E-state index contributed by atoms with van der Waals surface area (Å²) in [4.78, 5) is 13.7. The summed E-state index contributed by atoms with van der Waals surface area (Å²) in [5.41, 5.74) is 0. The van der Waals surface area contributed by atoms with Crippen LogP contribution >= 0.6 is 0 Å². The van der Waals surface area contributed by atoms with Gasteiger partial charge in [-0.1, -0.05) is 6.92 Å². The maximum atomic E-state index is 11.6. The standard InChI is InChI=1S/C11H21NO3/c1-5-9(13)8(2)12-6-10(14-3)11(7-12)15-4/h8,10-11H,5-7H2,1-4H3. The third-order valence-electron chi connectivity index (χ3n) is 3.21. The fraction of sp³-hybridized carbons (Fsp3) is 0.909. The monoisotopic (exact) mass is 215 g/mol. The van der Waals surface area contributed by atoms with E-state index >= 15 is 0 Å². The molecule has 1 aliphatic rings. The molecule has 1 saturated heterocycles. The number of Topliss-reactive ketones (excluding diaryl/α,β-unsaturated/α-hetero) is 1. The zero-order valence-corrected chi connectivity index (χ0v) is 10.0. The fourth-order valence-electron chi connectivity index (χ4n) is 2.04. The number of hydrogen-bond acceptors (Lipinski definition) is 4. The number of nitrogens with zero attached hydrogens (tertiary/aromatic N) is 1. The van der Waals surface area contributed by atoms with Gasteiger partial charge in [0.15, 0.2) is 0 Å². The van der Waals surface area contributed by atoms with Gasteiger partial charge in [0.05, 0.1) is 18.2 Å². The Labute approximate surface area is 91.5 Å². The van der Waals surface area contributed by atoms with E-state index in [0.717, 1.165) is 13.1 Å². The highest BCUT2D eigenvalue weighted by atomic mass is 16.5. The number of carbonyl (C=O) groups excluding carboxylic acids is 1. The molecule has 0 amide bonds. The third-order valence-corrected chi connectivity index (χ3v) is 3.21. The van der Waals surface area contributed by atoms with Crippen molar-refractivity contribution in [2.75, 3.05) is 27.3 Å².